The number of carbonyl (C=O) groups is 2. The first-order chi connectivity index (χ1) is 8.01. The first-order valence-electron chi connectivity index (χ1n) is 6.37. The van der Waals surface area contributed by atoms with Crippen molar-refractivity contribution >= 4 is 11.9 Å². The Kier molecular flexibility index (Phi) is 3.38. The molecule has 2 saturated heterocycles. The van der Waals surface area contributed by atoms with Gasteiger partial charge in [-0.25, -0.2) is 4.79 Å². The maximum atomic E-state index is 11.6. The summed E-state index contributed by atoms with van der Waals surface area (Å²) in [5.41, 5.74) is -0.692. The van der Waals surface area contributed by atoms with E-state index in [2.05, 4.69) is 10.2 Å². The van der Waals surface area contributed by atoms with Gasteiger partial charge >= 0.3 is 6.03 Å². The highest BCUT2D eigenvalue weighted by molar-refractivity contribution is 6.06. The zero-order valence-corrected chi connectivity index (χ0v) is 10.7. The fourth-order valence-electron chi connectivity index (χ4n) is 2.53. The van der Waals surface area contributed by atoms with Crippen molar-refractivity contribution < 1.29 is 9.59 Å². The number of hydrogen-bond donors (Lipinski definition) is 1. The molecule has 0 spiro atoms. The Bertz CT molecular complexity index is 322. The molecule has 0 atom stereocenters. The van der Waals surface area contributed by atoms with Crippen LogP contribution in [-0.4, -0.2) is 53.5 Å². The predicted octanol–water partition coefficient (Wildman–Crippen LogP) is 0.803. The molecule has 3 amide bonds. The van der Waals surface area contributed by atoms with Gasteiger partial charge < -0.3 is 9.80 Å². The van der Waals surface area contributed by atoms with E-state index in [1.54, 1.807) is 18.7 Å². The highest BCUT2D eigenvalue weighted by atomic mass is 16.2. The Morgan fingerprint density at radius 1 is 1.18 bits per heavy atom. The number of likely N-dealkylation sites (tertiary alicyclic amines) is 1. The van der Waals surface area contributed by atoms with E-state index in [0.29, 0.717) is 6.54 Å². The number of amides is 3. The van der Waals surface area contributed by atoms with E-state index in [0.717, 1.165) is 13.0 Å². The van der Waals surface area contributed by atoms with E-state index in [1.807, 2.05) is 0 Å². The molecule has 0 aromatic rings. The second kappa shape index (κ2) is 4.64. The van der Waals surface area contributed by atoms with E-state index in [1.165, 1.54) is 25.9 Å². The van der Waals surface area contributed by atoms with Crippen molar-refractivity contribution in [3.63, 3.8) is 0 Å². The van der Waals surface area contributed by atoms with E-state index in [-0.39, 0.29) is 11.9 Å². The normalized spacial score (nSPS) is 24.5. The van der Waals surface area contributed by atoms with Gasteiger partial charge in [0, 0.05) is 6.54 Å². The van der Waals surface area contributed by atoms with Gasteiger partial charge in [-0.2, -0.15) is 0 Å². The average Bonchev–Trinajstić information content (AvgIpc) is 2.81. The summed E-state index contributed by atoms with van der Waals surface area (Å²) in [4.78, 5) is 27.2. The lowest BCUT2D eigenvalue weighted by Crippen LogP contribution is -2.45. The summed E-state index contributed by atoms with van der Waals surface area (Å²) in [7, 11) is 0. The highest BCUT2D eigenvalue weighted by Crippen LogP contribution is 2.21. The lowest BCUT2D eigenvalue weighted by atomic mass is 10.0. The molecule has 5 heteroatoms. The lowest BCUT2D eigenvalue weighted by molar-refractivity contribution is -0.125. The molecular formula is C12H21N3O2. The van der Waals surface area contributed by atoms with Gasteiger partial charge in [-0.15, -0.1) is 0 Å². The molecule has 0 bridgehead atoms. The summed E-state index contributed by atoms with van der Waals surface area (Å²) in [5, 5.41) is 2.37. The first-order valence-corrected chi connectivity index (χ1v) is 6.37. The summed E-state index contributed by atoms with van der Waals surface area (Å²) < 4.78 is 0. The average molecular weight is 239 g/mol. The largest absolute Gasteiger partial charge is 0.324 e. The van der Waals surface area contributed by atoms with Gasteiger partial charge in [0.05, 0.1) is 0 Å². The van der Waals surface area contributed by atoms with Crippen molar-refractivity contribution in [2.45, 2.75) is 38.6 Å². The molecule has 2 aliphatic heterocycles. The standard InChI is InChI=1S/C12H21N3O2/c1-12(2)10(16)13-11(17)15(12)9-5-8-14-6-3-4-7-14/h3-9H2,1-2H3,(H,13,16,17). The summed E-state index contributed by atoms with van der Waals surface area (Å²) in [6.07, 6.45) is 3.51. The third-order valence-electron chi connectivity index (χ3n) is 3.75. The SMILES string of the molecule is CC1(C)C(=O)NC(=O)N1CCCN1CCCC1. The Hall–Kier alpha value is -1.10. The van der Waals surface area contributed by atoms with E-state index < -0.39 is 5.54 Å². The molecule has 2 rings (SSSR count). The van der Waals surface area contributed by atoms with Crippen LogP contribution in [0.3, 0.4) is 0 Å². The van der Waals surface area contributed by atoms with Gasteiger partial charge in [-0.1, -0.05) is 0 Å². The van der Waals surface area contributed by atoms with E-state index >= 15 is 0 Å². The zero-order valence-electron chi connectivity index (χ0n) is 10.7. The minimum atomic E-state index is -0.692. The van der Waals surface area contributed by atoms with Crippen LogP contribution in [0.5, 0.6) is 0 Å². The fraction of sp³-hybridized carbons (Fsp3) is 0.833. The van der Waals surface area contributed by atoms with E-state index in [4.69, 9.17) is 0 Å². The zero-order chi connectivity index (χ0) is 12.5. The molecule has 0 saturated carbocycles. The minimum absolute atomic E-state index is 0.191. The molecular weight excluding hydrogens is 218 g/mol. The summed E-state index contributed by atoms with van der Waals surface area (Å²) in [5.74, 6) is -0.191. The molecule has 5 nitrogen and oxygen atoms in total. The number of nitrogens with zero attached hydrogens (tertiary/aromatic N) is 2. The number of hydrogen-bond acceptors (Lipinski definition) is 3. The van der Waals surface area contributed by atoms with Gasteiger partial charge in [0.2, 0.25) is 0 Å². The topological polar surface area (TPSA) is 52.7 Å². The third-order valence-corrected chi connectivity index (χ3v) is 3.75. The van der Waals surface area contributed by atoms with Crippen molar-refractivity contribution in [3.8, 4) is 0 Å². The van der Waals surface area contributed by atoms with Crippen molar-refractivity contribution in [2.75, 3.05) is 26.2 Å². The van der Waals surface area contributed by atoms with Gasteiger partial charge in [-0.05, 0) is 52.7 Å². The van der Waals surface area contributed by atoms with Crippen molar-refractivity contribution in [3.05, 3.63) is 0 Å². The maximum absolute atomic E-state index is 11.6. The summed E-state index contributed by atoms with van der Waals surface area (Å²) in [6.45, 7) is 7.62. The van der Waals surface area contributed by atoms with Crippen LogP contribution < -0.4 is 5.32 Å². The monoisotopic (exact) mass is 239 g/mol. The van der Waals surface area contributed by atoms with Crippen LogP contribution in [0.2, 0.25) is 0 Å². The van der Waals surface area contributed by atoms with Crippen LogP contribution >= 0.6 is 0 Å². The molecule has 0 radical (unpaired) electrons. The smallest absolute Gasteiger partial charge is 0.310 e. The Labute approximate surface area is 102 Å². The fourth-order valence-corrected chi connectivity index (χ4v) is 2.53. The van der Waals surface area contributed by atoms with Crippen LogP contribution in [-0.2, 0) is 4.79 Å². The number of nitrogens with one attached hydrogen (secondary N) is 1. The third kappa shape index (κ3) is 2.44. The highest BCUT2D eigenvalue weighted by Gasteiger charge is 2.44. The molecule has 2 fully saturated rings. The molecule has 2 aliphatic rings. The van der Waals surface area contributed by atoms with Gasteiger partial charge in [-0.3, -0.25) is 10.1 Å². The Balaban J connectivity index is 1.81. The second-order valence-corrected chi connectivity index (χ2v) is 5.37. The predicted molar refractivity (Wildman–Crippen MR) is 64.6 cm³/mol. The number of imide groups is 1. The van der Waals surface area contributed by atoms with Crippen LogP contribution in [0.15, 0.2) is 0 Å². The lowest BCUT2D eigenvalue weighted by Gasteiger charge is -2.28. The minimum Gasteiger partial charge on any atom is -0.310 e. The second-order valence-electron chi connectivity index (χ2n) is 5.37. The number of urea groups is 1. The molecule has 0 aromatic heterocycles. The number of carbonyl (C=O) groups excluding carboxylic acids is 2. The van der Waals surface area contributed by atoms with Gasteiger partial charge in [0.1, 0.15) is 5.54 Å². The van der Waals surface area contributed by atoms with Gasteiger partial charge in [0.15, 0.2) is 0 Å². The molecule has 0 unspecified atom stereocenters. The number of rotatable bonds is 4. The van der Waals surface area contributed by atoms with Crippen molar-refractivity contribution in [1.82, 2.24) is 15.1 Å². The Morgan fingerprint density at radius 2 is 1.82 bits per heavy atom. The van der Waals surface area contributed by atoms with Crippen LogP contribution in [0.1, 0.15) is 33.1 Å². The van der Waals surface area contributed by atoms with Crippen molar-refractivity contribution in [1.29, 1.82) is 0 Å². The van der Waals surface area contributed by atoms with Crippen LogP contribution in [0.25, 0.3) is 0 Å². The summed E-state index contributed by atoms with van der Waals surface area (Å²) >= 11 is 0. The molecule has 2 heterocycles. The van der Waals surface area contributed by atoms with Gasteiger partial charge in [0.25, 0.3) is 5.91 Å². The quantitative estimate of drug-likeness (QED) is 0.738. The molecule has 0 aliphatic carbocycles. The van der Waals surface area contributed by atoms with Crippen LogP contribution in [0, 0.1) is 0 Å². The molecule has 0 aromatic carbocycles. The van der Waals surface area contributed by atoms with Crippen LogP contribution in [0.4, 0.5) is 4.79 Å². The molecule has 96 valence electrons. The maximum Gasteiger partial charge on any atom is 0.324 e. The molecule has 17 heavy (non-hydrogen) atoms. The first kappa shape index (κ1) is 12.4. The summed E-state index contributed by atoms with van der Waals surface area (Å²) in [6, 6.07) is -0.249. The van der Waals surface area contributed by atoms with Crippen molar-refractivity contribution in [2.24, 2.45) is 0 Å². The Morgan fingerprint density at radius 3 is 2.35 bits per heavy atom. The molecule has 1 N–H and O–H groups in total. The van der Waals surface area contributed by atoms with E-state index in [9.17, 15) is 9.59 Å².